The van der Waals surface area contributed by atoms with Crippen LogP contribution in [0, 0.1) is 11.8 Å². The molecule has 0 atom stereocenters. The van der Waals surface area contributed by atoms with Crippen LogP contribution in [-0.4, -0.2) is 47.7 Å². The highest BCUT2D eigenvalue weighted by Crippen LogP contribution is 2.17. The van der Waals surface area contributed by atoms with E-state index in [9.17, 15) is 4.79 Å². The molecule has 2 heterocycles. The van der Waals surface area contributed by atoms with Crippen molar-refractivity contribution in [1.29, 1.82) is 0 Å². The summed E-state index contributed by atoms with van der Waals surface area (Å²) in [5.41, 5.74) is 0.902. The largest absolute Gasteiger partial charge is 0.384 e. The van der Waals surface area contributed by atoms with Gasteiger partial charge < -0.3 is 14.9 Å². The van der Waals surface area contributed by atoms with Gasteiger partial charge in [-0.3, -0.25) is 0 Å². The van der Waals surface area contributed by atoms with Crippen molar-refractivity contribution in [1.82, 2.24) is 9.80 Å². The van der Waals surface area contributed by atoms with Gasteiger partial charge in [-0.05, 0) is 18.9 Å². The van der Waals surface area contributed by atoms with Crippen LogP contribution in [0.3, 0.4) is 0 Å². The van der Waals surface area contributed by atoms with Crippen LogP contribution in [0.1, 0.15) is 36.1 Å². The number of aliphatic hydroxyl groups is 1. The molecule has 1 N–H and O–H groups in total. The monoisotopic (exact) mass is 306 g/mol. The smallest absolute Gasteiger partial charge is 0.320 e. The number of aliphatic hydroxyl groups excluding tert-OH is 1. The van der Waals surface area contributed by atoms with Crippen molar-refractivity contribution in [2.75, 3.05) is 26.7 Å². The van der Waals surface area contributed by atoms with E-state index < -0.39 is 0 Å². The third-order valence-electron chi connectivity index (χ3n) is 3.56. The van der Waals surface area contributed by atoms with Gasteiger partial charge in [-0.2, -0.15) is 0 Å². The average Bonchev–Trinajstić information content (AvgIpc) is 2.75. The van der Waals surface area contributed by atoms with Crippen molar-refractivity contribution in [3.05, 3.63) is 21.9 Å². The second kappa shape index (κ2) is 8.06. The maximum Gasteiger partial charge on any atom is 0.320 e. The van der Waals surface area contributed by atoms with Crippen molar-refractivity contribution in [3.8, 4) is 11.8 Å². The number of carbonyl (C=O) groups excluding carboxylic acids is 1. The first-order chi connectivity index (χ1) is 10.2. The number of urea groups is 1. The standard InChI is InChI=1S/C16H22N2O2S/c1-17(16(20)18-8-4-2-3-5-9-18)12-15-11-14(13-21-15)7-6-10-19/h11,13,19H,2-5,8-10,12H2,1H3. The number of carbonyl (C=O) groups is 1. The first kappa shape index (κ1) is 15.9. The number of thiophene rings is 1. The van der Waals surface area contributed by atoms with E-state index in [2.05, 4.69) is 11.8 Å². The van der Waals surface area contributed by atoms with Crippen molar-refractivity contribution >= 4 is 17.4 Å². The van der Waals surface area contributed by atoms with E-state index >= 15 is 0 Å². The third-order valence-corrected chi connectivity index (χ3v) is 4.48. The molecule has 0 bridgehead atoms. The molecule has 0 unspecified atom stereocenters. The summed E-state index contributed by atoms with van der Waals surface area (Å²) in [7, 11) is 1.85. The van der Waals surface area contributed by atoms with E-state index in [-0.39, 0.29) is 12.6 Å². The van der Waals surface area contributed by atoms with Crippen LogP contribution in [0.25, 0.3) is 0 Å². The Labute approximate surface area is 130 Å². The van der Waals surface area contributed by atoms with Crippen LogP contribution in [0.2, 0.25) is 0 Å². The van der Waals surface area contributed by atoms with Gasteiger partial charge >= 0.3 is 6.03 Å². The normalized spacial score (nSPS) is 15.0. The molecule has 2 amide bonds. The van der Waals surface area contributed by atoms with Crippen molar-refractivity contribution in [2.45, 2.75) is 32.2 Å². The molecule has 0 aliphatic carbocycles. The van der Waals surface area contributed by atoms with Gasteiger partial charge in [0.25, 0.3) is 0 Å². The van der Waals surface area contributed by atoms with Gasteiger partial charge in [-0.15, -0.1) is 11.3 Å². The molecule has 1 aliphatic rings. The molecule has 1 saturated heterocycles. The quantitative estimate of drug-likeness (QED) is 0.853. The predicted octanol–water partition coefficient (Wildman–Crippen LogP) is 2.52. The van der Waals surface area contributed by atoms with Gasteiger partial charge in [0.05, 0.1) is 6.54 Å². The lowest BCUT2D eigenvalue weighted by atomic mass is 10.2. The minimum absolute atomic E-state index is 0.119. The van der Waals surface area contributed by atoms with Gasteiger partial charge in [0.2, 0.25) is 0 Å². The van der Waals surface area contributed by atoms with Crippen molar-refractivity contribution in [2.24, 2.45) is 0 Å². The summed E-state index contributed by atoms with van der Waals surface area (Å²) in [5, 5.41) is 10.7. The molecule has 0 saturated carbocycles. The van der Waals surface area contributed by atoms with Gasteiger partial charge in [0.1, 0.15) is 6.61 Å². The molecule has 1 aromatic heterocycles. The van der Waals surface area contributed by atoms with Gasteiger partial charge in [0, 0.05) is 36.0 Å². The fourth-order valence-corrected chi connectivity index (χ4v) is 3.34. The molecule has 1 fully saturated rings. The van der Waals surface area contributed by atoms with E-state index in [0.717, 1.165) is 36.4 Å². The first-order valence-electron chi connectivity index (χ1n) is 7.38. The Bertz CT molecular complexity index is 522. The lowest BCUT2D eigenvalue weighted by Gasteiger charge is -2.26. The highest BCUT2D eigenvalue weighted by molar-refractivity contribution is 7.10. The average molecular weight is 306 g/mol. The minimum atomic E-state index is -0.126. The zero-order chi connectivity index (χ0) is 15.1. The maximum atomic E-state index is 12.4. The minimum Gasteiger partial charge on any atom is -0.384 e. The highest BCUT2D eigenvalue weighted by atomic mass is 32.1. The topological polar surface area (TPSA) is 43.8 Å². The first-order valence-corrected chi connectivity index (χ1v) is 8.26. The van der Waals surface area contributed by atoms with E-state index in [4.69, 9.17) is 5.11 Å². The summed E-state index contributed by atoms with van der Waals surface area (Å²) in [5.74, 6) is 5.52. The molecular weight excluding hydrogens is 284 g/mol. The number of amides is 2. The van der Waals surface area contributed by atoms with Gasteiger partial charge in [0.15, 0.2) is 0 Å². The third kappa shape index (κ3) is 4.76. The molecular formula is C16H22N2O2S. The van der Waals surface area contributed by atoms with Gasteiger partial charge in [-0.1, -0.05) is 24.7 Å². The number of nitrogens with zero attached hydrogens (tertiary/aromatic N) is 2. The van der Waals surface area contributed by atoms with Crippen LogP contribution < -0.4 is 0 Å². The van der Waals surface area contributed by atoms with Crippen LogP contribution >= 0.6 is 11.3 Å². The zero-order valence-electron chi connectivity index (χ0n) is 12.5. The number of likely N-dealkylation sites (tertiary alicyclic amines) is 1. The SMILES string of the molecule is CN(Cc1cc(C#CCO)cs1)C(=O)N1CCCCCC1. The summed E-state index contributed by atoms with van der Waals surface area (Å²) in [6.07, 6.45) is 4.68. The fraction of sp³-hybridized carbons (Fsp3) is 0.562. The summed E-state index contributed by atoms with van der Waals surface area (Å²) in [6, 6.07) is 2.10. The predicted molar refractivity (Wildman–Crippen MR) is 85.2 cm³/mol. The van der Waals surface area contributed by atoms with E-state index in [1.54, 1.807) is 16.2 Å². The summed E-state index contributed by atoms with van der Waals surface area (Å²) >= 11 is 1.60. The van der Waals surface area contributed by atoms with Crippen LogP contribution in [0.15, 0.2) is 11.4 Å². The second-order valence-corrected chi connectivity index (χ2v) is 6.30. The Morgan fingerprint density at radius 1 is 1.38 bits per heavy atom. The number of hydrogen-bond acceptors (Lipinski definition) is 3. The Kier molecular flexibility index (Phi) is 6.09. The number of hydrogen-bond donors (Lipinski definition) is 1. The molecule has 0 radical (unpaired) electrons. The molecule has 5 heteroatoms. The van der Waals surface area contributed by atoms with Gasteiger partial charge in [-0.25, -0.2) is 4.79 Å². The number of rotatable bonds is 2. The second-order valence-electron chi connectivity index (χ2n) is 5.30. The van der Waals surface area contributed by atoms with E-state index in [1.165, 1.54) is 12.8 Å². The molecule has 0 spiro atoms. The lowest BCUT2D eigenvalue weighted by molar-refractivity contribution is 0.163. The molecule has 1 aliphatic heterocycles. The van der Waals surface area contributed by atoms with Crippen LogP contribution in [-0.2, 0) is 6.54 Å². The Hall–Kier alpha value is -1.51. The molecule has 21 heavy (non-hydrogen) atoms. The summed E-state index contributed by atoms with van der Waals surface area (Å²) < 4.78 is 0. The van der Waals surface area contributed by atoms with E-state index in [1.807, 2.05) is 23.4 Å². The maximum absolute atomic E-state index is 12.4. The summed E-state index contributed by atoms with van der Waals surface area (Å²) in [4.78, 5) is 17.3. The zero-order valence-corrected chi connectivity index (χ0v) is 13.3. The van der Waals surface area contributed by atoms with Crippen molar-refractivity contribution in [3.63, 3.8) is 0 Å². The van der Waals surface area contributed by atoms with E-state index in [0.29, 0.717) is 6.54 Å². The van der Waals surface area contributed by atoms with Crippen LogP contribution in [0.4, 0.5) is 4.79 Å². The fourth-order valence-electron chi connectivity index (χ4n) is 2.48. The molecule has 114 valence electrons. The molecule has 2 rings (SSSR count). The van der Waals surface area contributed by atoms with Crippen LogP contribution in [0.5, 0.6) is 0 Å². The lowest BCUT2D eigenvalue weighted by Crippen LogP contribution is -2.41. The Morgan fingerprint density at radius 2 is 2.10 bits per heavy atom. The Balaban J connectivity index is 1.91. The summed E-state index contributed by atoms with van der Waals surface area (Å²) in [6.45, 7) is 2.24. The molecule has 4 nitrogen and oxygen atoms in total. The molecule has 1 aromatic rings. The highest BCUT2D eigenvalue weighted by Gasteiger charge is 2.19. The van der Waals surface area contributed by atoms with Crippen molar-refractivity contribution < 1.29 is 9.90 Å². The Morgan fingerprint density at radius 3 is 2.76 bits per heavy atom. The molecule has 0 aromatic carbocycles.